The predicted octanol–water partition coefficient (Wildman–Crippen LogP) is 3.82. The molecule has 3 atom stereocenters. The number of fused-ring (bicyclic) bond motifs is 1. The maximum atomic E-state index is 6.47. The van der Waals surface area contributed by atoms with Crippen LogP contribution in [-0.2, 0) is 4.74 Å². The maximum Gasteiger partial charge on any atom is 0.137 e. The zero-order chi connectivity index (χ0) is 14.2. The summed E-state index contributed by atoms with van der Waals surface area (Å²) in [7, 11) is 3.84. The third-order valence-electron chi connectivity index (χ3n) is 4.75. The lowest BCUT2D eigenvalue weighted by Gasteiger charge is -2.48. The summed E-state index contributed by atoms with van der Waals surface area (Å²) < 4.78 is 13.3. The number of nitrogens with one attached hydrogen (secondary N) is 1. The van der Waals surface area contributed by atoms with Gasteiger partial charge in [-0.1, -0.05) is 22.4 Å². The van der Waals surface area contributed by atoms with Crippen molar-refractivity contribution in [2.24, 2.45) is 0 Å². The average Bonchev–Trinajstić information content (AvgIpc) is 2.47. The Morgan fingerprint density at radius 3 is 3.00 bits per heavy atom. The van der Waals surface area contributed by atoms with Crippen molar-refractivity contribution in [2.75, 3.05) is 14.2 Å². The second-order valence-corrected chi connectivity index (χ2v) is 6.78. The fourth-order valence-corrected chi connectivity index (χ4v) is 4.10. The van der Waals surface area contributed by atoms with Gasteiger partial charge < -0.3 is 14.8 Å². The Balaban J connectivity index is 1.99. The zero-order valence-electron chi connectivity index (χ0n) is 12.1. The fourth-order valence-electron chi connectivity index (χ4n) is 3.72. The van der Waals surface area contributed by atoms with E-state index in [1.807, 2.05) is 14.2 Å². The highest BCUT2D eigenvalue weighted by Crippen LogP contribution is 2.47. The second kappa shape index (κ2) is 5.66. The van der Waals surface area contributed by atoms with Gasteiger partial charge >= 0.3 is 0 Å². The van der Waals surface area contributed by atoms with Crippen LogP contribution in [0.1, 0.15) is 43.7 Å². The van der Waals surface area contributed by atoms with Gasteiger partial charge in [0.15, 0.2) is 0 Å². The Bertz CT molecular complexity index is 493. The van der Waals surface area contributed by atoms with Gasteiger partial charge in [0, 0.05) is 29.6 Å². The molecule has 1 saturated carbocycles. The average molecular weight is 340 g/mol. The van der Waals surface area contributed by atoms with Crippen LogP contribution < -0.4 is 10.1 Å². The largest absolute Gasteiger partial charge is 0.484 e. The van der Waals surface area contributed by atoms with Crippen molar-refractivity contribution in [1.82, 2.24) is 5.32 Å². The Morgan fingerprint density at radius 1 is 1.40 bits per heavy atom. The molecule has 0 bridgehead atoms. The summed E-state index contributed by atoms with van der Waals surface area (Å²) >= 11 is 3.55. The van der Waals surface area contributed by atoms with E-state index < -0.39 is 0 Å². The molecule has 1 aliphatic heterocycles. The zero-order valence-corrected chi connectivity index (χ0v) is 13.7. The third kappa shape index (κ3) is 2.38. The van der Waals surface area contributed by atoms with E-state index in [1.165, 1.54) is 18.4 Å². The van der Waals surface area contributed by atoms with Crippen molar-refractivity contribution < 1.29 is 9.47 Å². The SMILES string of the molecule is CNC1CC2(CCCCC2OC)Oc2ccc(Br)cc21. The van der Waals surface area contributed by atoms with Gasteiger partial charge in [0.05, 0.1) is 6.10 Å². The molecule has 0 saturated heterocycles. The van der Waals surface area contributed by atoms with E-state index in [1.54, 1.807) is 0 Å². The molecule has 0 radical (unpaired) electrons. The van der Waals surface area contributed by atoms with Crippen LogP contribution >= 0.6 is 15.9 Å². The number of ether oxygens (including phenoxy) is 2. The van der Waals surface area contributed by atoms with Crippen LogP contribution in [0.2, 0.25) is 0 Å². The summed E-state index contributed by atoms with van der Waals surface area (Å²) in [5.41, 5.74) is 1.08. The molecule has 110 valence electrons. The quantitative estimate of drug-likeness (QED) is 0.888. The first-order chi connectivity index (χ1) is 9.68. The molecule has 0 amide bonds. The highest BCUT2D eigenvalue weighted by atomic mass is 79.9. The molecule has 3 rings (SSSR count). The number of methoxy groups -OCH3 is 1. The Hall–Kier alpha value is -0.580. The molecular weight excluding hydrogens is 318 g/mol. The van der Waals surface area contributed by atoms with Crippen molar-refractivity contribution in [3.05, 3.63) is 28.2 Å². The summed E-state index contributed by atoms with van der Waals surface area (Å²) in [6.45, 7) is 0. The van der Waals surface area contributed by atoms with Crippen molar-refractivity contribution in [2.45, 2.75) is 49.9 Å². The summed E-state index contributed by atoms with van der Waals surface area (Å²) in [6.07, 6.45) is 5.82. The van der Waals surface area contributed by atoms with Crippen LogP contribution in [0.5, 0.6) is 5.75 Å². The monoisotopic (exact) mass is 339 g/mol. The molecule has 20 heavy (non-hydrogen) atoms. The van der Waals surface area contributed by atoms with Crippen molar-refractivity contribution in [3.8, 4) is 5.75 Å². The first kappa shape index (κ1) is 14.4. The molecule has 3 unspecified atom stereocenters. The summed E-state index contributed by atoms with van der Waals surface area (Å²) in [4.78, 5) is 0. The van der Waals surface area contributed by atoms with E-state index in [9.17, 15) is 0 Å². The molecule has 1 aromatic rings. The topological polar surface area (TPSA) is 30.5 Å². The van der Waals surface area contributed by atoms with Gasteiger partial charge in [-0.05, 0) is 44.5 Å². The Labute approximate surface area is 129 Å². The molecule has 1 N–H and O–H groups in total. The molecule has 1 aromatic carbocycles. The molecule has 3 nitrogen and oxygen atoms in total. The number of hydrogen-bond acceptors (Lipinski definition) is 3. The van der Waals surface area contributed by atoms with Gasteiger partial charge in [-0.2, -0.15) is 0 Å². The minimum atomic E-state index is -0.165. The van der Waals surface area contributed by atoms with Crippen LogP contribution in [0.25, 0.3) is 0 Å². The smallest absolute Gasteiger partial charge is 0.137 e. The number of hydrogen-bond donors (Lipinski definition) is 1. The predicted molar refractivity (Wildman–Crippen MR) is 83.2 cm³/mol. The number of benzene rings is 1. The molecule has 1 fully saturated rings. The maximum absolute atomic E-state index is 6.47. The minimum Gasteiger partial charge on any atom is -0.484 e. The molecule has 2 aliphatic rings. The van der Waals surface area contributed by atoms with E-state index >= 15 is 0 Å². The van der Waals surface area contributed by atoms with Crippen LogP contribution in [0, 0.1) is 0 Å². The van der Waals surface area contributed by atoms with Gasteiger partial charge in [-0.15, -0.1) is 0 Å². The summed E-state index contributed by atoms with van der Waals surface area (Å²) in [5.74, 6) is 1.00. The van der Waals surface area contributed by atoms with Crippen molar-refractivity contribution >= 4 is 15.9 Å². The molecular formula is C16H22BrNO2. The lowest BCUT2D eigenvalue weighted by molar-refractivity contribution is -0.115. The lowest BCUT2D eigenvalue weighted by Crippen LogP contribution is -2.54. The standard InChI is InChI=1S/C16H22BrNO2/c1-18-13-10-16(8-4-3-5-15(16)19-2)20-14-7-6-11(17)9-12(13)14/h6-7,9,13,15,18H,3-5,8,10H2,1-2H3. The van der Waals surface area contributed by atoms with Crippen molar-refractivity contribution in [1.29, 1.82) is 0 Å². The van der Waals surface area contributed by atoms with E-state index in [0.29, 0.717) is 6.04 Å². The molecule has 1 spiro atoms. The highest BCUT2D eigenvalue weighted by Gasteiger charge is 2.48. The van der Waals surface area contributed by atoms with Gasteiger partial charge in [0.2, 0.25) is 0 Å². The van der Waals surface area contributed by atoms with E-state index in [-0.39, 0.29) is 11.7 Å². The van der Waals surface area contributed by atoms with Crippen molar-refractivity contribution in [3.63, 3.8) is 0 Å². The Morgan fingerprint density at radius 2 is 2.25 bits per heavy atom. The van der Waals surface area contributed by atoms with Gasteiger partial charge in [-0.25, -0.2) is 0 Å². The second-order valence-electron chi connectivity index (χ2n) is 5.86. The normalized spacial score (nSPS) is 32.8. The third-order valence-corrected chi connectivity index (χ3v) is 5.24. The molecule has 0 aromatic heterocycles. The van der Waals surface area contributed by atoms with E-state index in [2.05, 4.69) is 39.4 Å². The fraction of sp³-hybridized carbons (Fsp3) is 0.625. The lowest BCUT2D eigenvalue weighted by atomic mass is 9.75. The first-order valence-electron chi connectivity index (χ1n) is 7.37. The van der Waals surface area contributed by atoms with Crippen LogP contribution in [0.15, 0.2) is 22.7 Å². The number of rotatable bonds is 2. The van der Waals surface area contributed by atoms with Crippen LogP contribution in [0.3, 0.4) is 0 Å². The van der Waals surface area contributed by atoms with E-state index in [4.69, 9.17) is 9.47 Å². The van der Waals surface area contributed by atoms with Crippen LogP contribution in [0.4, 0.5) is 0 Å². The summed E-state index contributed by atoms with van der Waals surface area (Å²) in [5, 5.41) is 3.45. The molecule has 1 heterocycles. The van der Waals surface area contributed by atoms with Crippen LogP contribution in [-0.4, -0.2) is 25.9 Å². The number of halogens is 1. The molecule has 4 heteroatoms. The summed E-state index contributed by atoms with van der Waals surface area (Å²) in [6, 6.07) is 6.61. The van der Waals surface area contributed by atoms with E-state index in [0.717, 1.165) is 29.5 Å². The first-order valence-corrected chi connectivity index (χ1v) is 8.16. The van der Waals surface area contributed by atoms with Gasteiger partial charge in [0.1, 0.15) is 11.4 Å². The van der Waals surface area contributed by atoms with Gasteiger partial charge in [-0.3, -0.25) is 0 Å². The Kier molecular flexibility index (Phi) is 4.07. The van der Waals surface area contributed by atoms with Gasteiger partial charge in [0.25, 0.3) is 0 Å². The minimum absolute atomic E-state index is 0.165. The molecule has 1 aliphatic carbocycles. The highest BCUT2D eigenvalue weighted by molar-refractivity contribution is 9.10.